The molecule has 0 aliphatic heterocycles. The lowest BCUT2D eigenvalue weighted by Gasteiger charge is -2.17. The van der Waals surface area contributed by atoms with Gasteiger partial charge in [0.25, 0.3) is 0 Å². The summed E-state index contributed by atoms with van der Waals surface area (Å²) in [7, 11) is -0.414. The maximum absolute atomic E-state index is 12.4. The zero-order chi connectivity index (χ0) is 14.8. The van der Waals surface area contributed by atoms with Gasteiger partial charge in [-0.1, -0.05) is 13.0 Å². The molecule has 1 N–H and O–H groups in total. The molecule has 1 saturated carbocycles. The Morgan fingerprint density at radius 1 is 1.40 bits per heavy atom. The van der Waals surface area contributed by atoms with Crippen LogP contribution in [0, 0.1) is 0 Å². The van der Waals surface area contributed by atoms with E-state index in [0.717, 1.165) is 12.1 Å². The predicted molar refractivity (Wildman–Crippen MR) is 78.3 cm³/mol. The summed E-state index contributed by atoms with van der Waals surface area (Å²) < 4.78 is 31.3. The van der Waals surface area contributed by atoms with E-state index < -0.39 is 10.0 Å². The summed E-state index contributed by atoms with van der Waals surface area (Å²) in [6, 6.07) is 5.89. The zero-order valence-electron chi connectivity index (χ0n) is 12.2. The van der Waals surface area contributed by atoms with Gasteiger partial charge >= 0.3 is 0 Å². The fourth-order valence-corrected chi connectivity index (χ4v) is 3.23. The number of hydrogen-bond acceptors (Lipinski definition) is 4. The van der Waals surface area contributed by atoms with Gasteiger partial charge in [-0.3, -0.25) is 0 Å². The Hall–Kier alpha value is -1.11. The number of nitrogens with one attached hydrogen (secondary N) is 1. The average Bonchev–Trinajstić information content (AvgIpc) is 3.27. The van der Waals surface area contributed by atoms with Crippen LogP contribution in [-0.4, -0.2) is 39.5 Å². The van der Waals surface area contributed by atoms with Crippen molar-refractivity contribution in [3.63, 3.8) is 0 Å². The average molecular weight is 298 g/mol. The van der Waals surface area contributed by atoms with E-state index in [4.69, 9.17) is 4.74 Å². The van der Waals surface area contributed by atoms with Crippen molar-refractivity contribution in [1.29, 1.82) is 0 Å². The van der Waals surface area contributed by atoms with Crippen LogP contribution in [-0.2, 0) is 16.6 Å². The van der Waals surface area contributed by atoms with E-state index >= 15 is 0 Å². The number of hydrogen-bond donors (Lipinski definition) is 1. The summed E-state index contributed by atoms with van der Waals surface area (Å²) >= 11 is 0. The second kappa shape index (κ2) is 6.11. The minimum atomic E-state index is -3.48. The van der Waals surface area contributed by atoms with Gasteiger partial charge in [-0.2, -0.15) is 0 Å². The van der Waals surface area contributed by atoms with Crippen LogP contribution in [0.2, 0.25) is 0 Å². The quantitative estimate of drug-likeness (QED) is 0.830. The number of benzene rings is 1. The monoisotopic (exact) mass is 298 g/mol. The summed E-state index contributed by atoms with van der Waals surface area (Å²) in [4.78, 5) is 0.222. The summed E-state index contributed by atoms with van der Waals surface area (Å²) in [6.45, 7) is 2.97. The lowest BCUT2D eigenvalue weighted by molar-refractivity contribution is 0.398. The third kappa shape index (κ3) is 3.31. The van der Waals surface area contributed by atoms with Crippen molar-refractivity contribution in [2.24, 2.45) is 0 Å². The molecule has 1 aromatic rings. The van der Waals surface area contributed by atoms with Crippen molar-refractivity contribution >= 4 is 10.0 Å². The van der Waals surface area contributed by atoms with E-state index in [2.05, 4.69) is 5.32 Å². The van der Waals surface area contributed by atoms with Crippen LogP contribution in [0.5, 0.6) is 5.75 Å². The summed E-state index contributed by atoms with van der Waals surface area (Å²) in [5.74, 6) is 0.403. The molecule has 5 nitrogen and oxygen atoms in total. The van der Waals surface area contributed by atoms with Gasteiger partial charge in [0.1, 0.15) is 10.6 Å². The van der Waals surface area contributed by atoms with Crippen LogP contribution >= 0.6 is 0 Å². The highest BCUT2D eigenvalue weighted by molar-refractivity contribution is 7.89. The molecule has 0 saturated heterocycles. The second-order valence-electron chi connectivity index (χ2n) is 5.06. The Bertz CT molecular complexity index is 568. The first kappa shape index (κ1) is 15.3. The van der Waals surface area contributed by atoms with Crippen LogP contribution in [0.15, 0.2) is 23.1 Å². The topological polar surface area (TPSA) is 58.6 Å². The van der Waals surface area contributed by atoms with Crippen molar-refractivity contribution in [3.05, 3.63) is 23.8 Å². The van der Waals surface area contributed by atoms with Gasteiger partial charge in [0.2, 0.25) is 10.0 Å². The van der Waals surface area contributed by atoms with Crippen molar-refractivity contribution < 1.29 is 13.2 Å². The van der Waals surface area contributed by atoms with Crippen LogP contribution in [0.3, 0.4) is 0 Å². The fraction of sp³-hybridized carbons (Fsp3) is 0.571. The number of sulfonamides is 1. The molecule has 1 aliphatic rings. The molecule has 0 bridgehead atoms. The van der Waals surface area contributed by atoms with Crippen LogP contribution in [0.1, 0.15) is 25.3 Å². The number of ether oxygens (including phenoxy) is 1. The highest BCUT2D eigenvalue weighted by Crippen LogP contribution is 2.28. The van der Waals surface area contributed by atoms with Crippen molar-refractivity contribution in [1.82, 2.24) is 9.62 Å². The van der Waals surface area contributed by atoms with E-state index in [0.29, 0.717) is 18.3 Å². The Morgan fingerprint density at radius 3 is 2.65 bits per heavy atom. The van der Waals surface area contributed by atoms with Gasteiger partial charge in [-0.05, 0) is 30.5 Å². The SMILES string of the molecule is CCN(C)S(=O)(=O)c1ccc(CNC2CC2)cc1OC. The van der Waals surface area contributed by atoms with Gasteiger partial charge in [0.15, 0.2) is 0 Å². The number of nitrogens with zero attached hydrogens (tertiary/aromatic N) is 1. The third-order valence-corrected chi connectivity index (χ3v) is 5.51. The lowest BCUT2D eigenvalue weighted by atomic mass is 10.2. The van der Waals surface area contributed by atoms with E-state index in [-0.39, 0.29) is 4.90 Å². The molecule has 0 amide bonds. The molecule has 2 rings (SSSR count). The minimum absolute atomic E-state index is 0.222. The second-order valence-corrected chi connectivity index (χ2v) is 7.07. The first-order valence-electron chi connectivity index (χ1n) is 6.85. The van der Waals surface area contributed by atoms with Gasteiger partial charge < -0.3 is 10.1 Å². The van der Waals surface area contributed by atoms with E-state index in [1.807, 2.05) is 6.07 Å². The summed E-state index contributed by atoms with van der Waals surface area (Å²) in [5.41, 5.74) is 1.03. The van der Waals surface area contributed by atoms with Crippen LogP contribution < -0.4 is 10.1 Å². The molecular weight excluding hydrogens is 276 g/mol. The summed E-state index contributed by atoms with van der Waals surface area (Å²) in [5, 5.41) is 3.40. The van der Waals surface area contributed by atoms with Gasteiger partial charge in [0, 0.05) is 26.2 Å². The summed E-state index contributed by atoms with van der Waals surface area (Å²) in [6.07, 6.45) is 2.45. The highest BCUT2D eigenvalue weighted by Gasteiger charge is 2.24. The van der Waals surface area contributed by atoms with Crippen LogP contribution in [0.4, 0.5) is 0 Å². The third-order valence-electron chi connectivity index (χ3n) is 3.53. The molecule has 0 spiro atoms. The highest BCUT2D eigenvalue weighted by atomic mass is 32.2. The lowest BCUT2D eigenvalue weighted by Crippen LogP contribution is -2.27. The molecular formula is C14H22N2O3S. The van der Waals surface area contributed by atoms with E-state index in [1.165, 1.54) is 24.3 Å². The molecule has 0 radical (unpaired) electrons. The molecule has 1 aliphatic carbocycles. The van der Waals surface area contributed by atoms with E-state index in [1.54, 1.807) is 26.1 Å². The van der Waals surface area contributed by atoms with Crippen molar-refractivity contribution in [3.8, 4) is 5.75 Å². The molecule has 0 atom stereocenters. The van der Waals surface area contributed by atoms with Crippen molar-refractivity contribution in [2.45, 2.75) is 37.2 Å². The molecule has 20 heavy (non-hydrogen) atoms. The molecule has 0 aromatic heterocycles. The Morgan fingerprint density at radius 2 is 2.10 bits per heavy atom. The maximum atomic E-state index is 12.4. The van der Waals surface area contributed by atoms with Crippen molar-refractivity contribution in [2.75, 3.05) is 20.7 Å². The van der Waals surface area contributed by atoms with Gasteiger partial charge in [0.05, 0.1) is 7.11 Å². The van der Waals surface area contributed by atoms with Crippen LogP contribution in [0.25, 0.3) is 0 Å². The molecule has 1 aromatic carbocycles. The predicted octanol–water partition coefficient (Wildman–Crippen LogP) is 1.59. The minimum Gasteiger partial charge on any atom is -0.495 e. The zero-order valence-corrected chi connectivity index (χ0v) is 13.0. The molecule has 0 unspecified atom stereocenters. The Kier molecular flexibility index (Phi) is 4.67. The first-order valence-corrected chi connectivity index (χ1v) is 8.29. The molecule has 1 fully saturated rings. The molecule has 6 heteroatoms. The standard InChI is InChI=1S/C14H22N2O3S/c1-4-16(2)20(17,18)14-8-5-11(9-13(14)19-3)10-15-12-6-7-12/h5,8-9,12,15H,4,6-7,10H2,1-3H3. The normalized spacial score (nSPS) is 15.6. The largest absolute Gasteiger partial charge is 0.495 e. The van der Waals surface area contributed by atoms with E-state index in [9.17, 15) is 8.42 Å². The molecule has 0 heterocycles. The Labute approximate surface area is 121 Å². The first-order chi connectivity index (χ1) is 9.48. The van der Waals surface area contributed by atoms with Gasteiger partial charge in [-0.25, -0.2) is 12.7 Å². The maximum Gasteiger partial charge on any atom is 0.246 e. The Balaban J connectivity index is 2.24. The smallest absolute Gasteiger partial charge is 0.246 e. The molecule has 112 valence electrons. The fourth-order valence-electron chi connectivity index (χ4n) is 1.92. The number of methoxy groups -OCH3 is 1. The number of rotatable bonds is 7. The van der Waals surface area contributed by atoms with Gasteiger partial charge in [-0.15, -0.1) is 0 Å².